The predicted octanol–water partition coefficient (Wildman–Crippen LogP) is 0.433. The Morgan fingerprint density at radius 2 is 2.07 bits per heavy atom. The third-order valence-corrected chi connectivity index (χ3v) is 2.34. The Balaban J connectivity index is 2.03. The molecule has 4 heteroatoms. The van der Waals surface area contributed by atoms with Gasteiger partial charge in [0, 0.05) is 0 Å². The van der Waals surface area contributed by atoms with Gasteiger partial charge in [-0.05, 0) is 0 Å². The average Bonchev–Trinajstić information content (AvgIpc) is 2.56. The molecule has 0 unspecified atom stereocenters. The molecule has 0 saturated carbocycles. The van der Waals surface area contributed by atoms with E-state index in [0.717, 1.165) is 5.56 Å². The van der Waals surface area contributed by atoms with Crippen LogP contribution in [0.1, 0.15) is 5.56 Å². The van der Waals surface area contributed by atoms with E-state index in [9.17, 15) is 4.79 Å². The molecule has 1 aliphatic rings. The summed E-state index contributed by atoms with van der Waals surface area (Å²) >= 11 is 2.05. The number of ether oxygens (including phenoxy) is 1. The van der Waals surface area contributed by atoms with E-state index in [2.05, 4.69) is 12.1 Å². The molecule has 0 aliphatic carbocycles. The predicted molar refractivity (Wildman–Crippen MR) is 53.6 cm³/mol. The third-order valence-electron chi connectivity index (χ3n) is 2.34. The summed E-state index contributed by atoms with van der Waals surface area (Å²) in [6.45, 7) is 1.87. The first-order chi connectivity index (χ1) is 6.75. The van der Waals surface area contributed by atoms with E-state index in [-0.39, 0.29) is 6.09 Å². The fourth-order valence-electron chi connectivity index (χ4n) is 1.48. The molecule has 3 nitrogen and oxygen atoms in total. The zero-order chi connectivity index (χ0) is 9.97. The number of cyclic esters (lactones) is 1. The molecule has 1 heterocycles. The van der Waals surface area contributed by atoms with Crippen molar-refractivity contribution in [3.05, 3.63) is 29.8 Å². The van der Waals surface area contributed by atoms with Crippen LogP contribution in [0.25, 0.3) is 0 Å². The molecular weight excluding hydrogens is 173 g/mol. The van der Waals surface area contributed by atoms with Gasteiger partial charge in [0.15, 0.2) is 0 Å². The normalized spacial score (nSPS) is 15.9. The van der Waals surface area contributed by atoms with Gasteiger partial charge in [-0.2, -0.15) is 0 Å². The van der Waals surface area contributed by atoms with E-state index in [1.54, 1.807) is 4.90 Å². The molecule has 14 heavy (non-hydrogen) atoms. The van der Waals surface area contributed by atoms with E-state index >= 15 is 0 Å². The van der Waals surface area contributed by atoms with Crippen molar-refractivity contribution in [1.82, 2.24) is 4.90 Å². The Morgan fingerprint density at radius 1 is 1.36 bits per heavy atom. The summed E-state index contributed by atoms with van der Waals surface area (Å²) in [5, 5.41) is 0. The summed E-state index contributed by atoms with van der Waals surface area (Å²) in [5.74, 6) is 0. The van der Waals surface area contributed by atoms with Crippen LogP contribution < -0.4 is 4.24 Å². The standard InChI is InChI=1S/C10H10NO2.Li/c12-10-11(6-7-13-10)8-9-4-2-1-3-5-9;/h2-5H,6-8H2;. The summed E-state index contributed by atoms with van der Waals surface area (Å²) < 4.78 is 6.08. The van der Waals surface area contributed by atoms with Crippen molar-refractivity contribution >= 4 is 28.0 Å². The summed E-state index contributed by atoms with van der Waals surface area (Å²) in [6, 6.07) is 8.19. The van der Waals surface area contributed by atoms with Gasteiger partial charge >= 0.3 is 92.0 Å². The summed E-state index contributed by atoms with van der Waals surface area (Å²) in [5.41, 5.74) is 1.15. The molecule has 0 aromatic heterocycles. The molecule has 1 amide bonds. The Kier molecular flexibility index (Phi) is 2.81. The SMILES string of the molecule is [Li][c]1ccc(CN2CCOC2=O)cc1. The van der Waals surface area contributed by atoms with Gasteiger partial charge in [0.2, 0.25) is 0 Å². The first-order valence-corrected chi connectivity index (χ1v) is 4.73. The number of amides is 1. The van der Waals surface area contributed by atoms with Gasteiger partial charge in [0.25, 0.3) is 0 Å². The Bertz CT molecular complexity index is 336. The average molecular weight is 183 g/mol. The van der Waals surface area contributed by atoms with E-state index < -0.39 is 0 Å². The number of nitrogens with zero attached hydrogens (tertiary/aromatic N) is 1. The first-order valence-electron chi connectivity index (χ1n) is 4.73. The van der Waals surface area contributed by atoms with Crippen LogP contribution in [-0.2, 0) is 11.3 Å². The molecule has 1 fully saturated rings. The van der Waals surface area contributed by atoms with Crippen LogP contribution >= 0.6 is 0 Å². The van der Waals surface area contributed by atoms with Crippen LogP contribution in [0.3, 0.4) is 0 Å². The Hall–Kier alpha value is -0.913. The second kappa shape index (κ2) is 4.08. The van der Waals surface area contributed by atoms with Crippen LogP contribution in [0.5, 0.6) is 0 Å². The van der Waals surface area contributed by atoms with E-state index in [1.807, 2.05) is 29.8 Å². The van der Waals surface area contributed by atoms with Crippen molar-refractivity contribution < 1.29 is 9.53 Å². The number of rotatable bonds is 2. The van der Waals surface area contributed by atoms with Crippen LogP contribution in [-0.4, -0.2) is 41.9 Å². The number of carbonyl (C=O) groups is 1. The number of hydrogen-bond donors (Lipinski definition) is 0. The molecule has 2 rings (SSSR count). The van der Waals surface area contributed by atoms with E-state index in [4.69, 9.17) is 4.74 Å². The van der Waals surface area contributed by atoms with Crippen molar-refractivity contribution in [1.29, 1.82) is 0 Å². The van der Waals surface area contributed by atoms with Crippen LogP contribution in [0.4, 0.5) is 4.79 Å². The zero-order valence-corrected chi connectivity index (χ0v) is 8.19. The van der Waals surface area contributed by atoms with Gasteiger partial charge in [0.1, 0.15) is 0 Å². The van der Waals surface area contributed by atoms with Crippen molar-refractivity contribution in [2.45, 2.75) is 6.54 Å². The van der Waals surface area contributed by atoms with E-state index in [0.29, 0.717) is 19.7 Å². The molecule has 0 radical (unpaired) electrons. The minimum absolute atomic E-state index is 0.203. The monoisotopic (exact) mass is 183 g/mol. The number of benzene rings is 1. The fraction of sp³-hybridized carbons (Fsp3) is 0.300. The van der Waals surface area contributed by atoms with Gasteiger partial charge in [-0.15, -0.1) is 0 Å². The number of hydrogen-bond acceptors (Lipinski definition) is 2. The fourth-order valence-corrected chi connectivity index (χ4v) is 1.48. The van der Waals surface area contributed by atoms with Gasteiger partial charge in [-0.3, -0.25) is 0 Å². The molecule has 0 N–H and O–H groups in total. The Labute approximate surface area is 92.2 Å². The summed E-state index contributed by atoms with van der Waals surface area (Å²) in [7, 11) is 0. The quantitative estimate of drug-likeness (QED) is 0.622. The van der Waals surface area contributed by atoms with Crippen LogP contribution in [0.15, 0.2) is 24.3 Å². The van der Waals surface area contributed by atoms with Gasteiger partial charge < -0.3 is 0 Å². The van der Waals surface area contributed by atoms with Crippen molar-refractivity contribution in [2.75, 3.05) is 13.2 Å². The van der Waals surface area contributed by atoms with Gasteiger partial charge in [-0.1, -0.05) is 0 Å². The molecule has 0 atom stereocenters. The molecule has 1 aliphatic heterocycles. The zero-order valence-electron chi connectivity index (χ0n) is 8.19. The molecule has 68 valence electrons. The molecule has 0 spiro atoms. The maximum atomic E-state index is 11.1. The number of carbonyl (C=O) groups excluding carboxylic acids is 1. The second-order valence-corrected chi connectivity index (χ2v) is 3.52. The van der Waals surface area contributed by atoms with Crippen LogP contribution in [0, 0.1) is 0 Å². The van der Waals surface area contributed by atoms with Crippen molar-refractivity contribution in [3.8, 4) is 0 Å². The van der Waals surface area contributed by atoms with Gasteiger partial charge in [-0.25, -0.2) is 0 Å². The topological polar surface area (TPSA) is 29.5 Å². The molecular formula is C10H10LiNO2. The minimum atomic E-state index is -0.203. The first kappa shape index (κ1) is 9.64. The molecule has 0 bridgehead atoms. The summed E-state index contributed by atoms with van der Waals surface area (Å²) in [4.78, 5) is 12.9. The second-order valence-electron chi connectivity index (χ2n) is 3.52. The van der Waals surface area contributed by atoms with E-state index in [1.165, 1.54) is 4.24 Å². The molecule has 1 aromatic carbocycles. The summed E-state index contributed by atoms with van der Waals surface area (Å²) in [6.07, 6.45) is -0.203. The maximum absolute atomic E-state index is 11.1. The Morgan fingerprint density at radius 3 is 2.64 bits per heavy atom. The van der Waals surface area contributed by atoms with Crippen molar-refractivity contribution in [2.24, 2.45) is 0 Å². The van der Waals surface area contributed by atoms with Crippen LogP contribution in [0.2, 0.25) is 0 Å². The third kappa shape index (κ3) is 2.12. The molecule has 1 saturated heterocycles. The molecule has 1 aromatic rings. The van der Waals surface area contributed by atoms with Crippen molar-refractivity contribution in [3.63, 3.8) is 0 Å². The van der Waals surface area contributed by atoms with Gasteiger partial charge in [0.05, 0.1) is 0 Å².